The van der Waals surface area contributed by atoms with Crippen molar-refractivity contribution in [3.63, 3.8) is 0 Å². The molecule has 0 N–H and O–H groups in total. The number of allylic oxidation sites excluding steroid dienone is 2. The van der Waals surface area contributed by atoms with E-state index in [4.69, 9.17) is 9.97 Å². The summed E-state index contributed by atoms with van der Waals surface area (Å²) in [6.07, 6.45) is 7.24. The van der Waals surface area contributed by atoms with Crippen LogP contribution in [0.4, 0.5) is 11.4 Å². The molecule has 274 valence electrons. The van der Waals surface area contributed by atoms with Crippen molar-refractivity contribution in [1.82, 2.24) is 14.5 Å². The zero-order valence-electron chi connectivity index (χ0n) is 31.7. The van der Waals surface area contributed by atoms with E-state index in [-0.39, 0.29) is 11.5 Å². The highest BCUT2D eigenvalue weighted by atomic mass is 32.1. The standard InChI is InChI=1S/C53H36N4S/c1-53-31-30-37(33-44(53)41-19-9-12-22-47(41)57(53)39-16-6-3-7-17-39)36-26-29-46-43(32-36)40-18-8-11-21-45(40)56(46)38-27-24-35(25-28-38)51-54-50(34-14-4-2-5-15-34)49-42-20-10-13-23-48(42)58-52(49)55-51/h2-33,44H,1H3. The first-order valence-corrected chi connectivity index (χ1v) is 20.7. The predicted molar refractivity (Wildman–Crippen MR) is 243 cm³/mol. The minimum atomic E-state index is -0.210. The zero-order chi connectivity index (χ0) is 38.4. The van der Waals surface area contributed by atoms with Gasteiger partial charge < -0.3 is 9.47 Å². The molecule has 12 rings (SSSR count). The average molecular weight is 761 g/mol. The zero-order valence-corrected chi connectivity index (χ0v) is 32.6. The molecular weight excluding hydrogens is 725 g/mol. The molecule has 1 aliphatic heterocycles. The van der Waals surface area contributed by atoms with E-state index in [0.29, 0.717) is 0 Å². The molecule has 3 aromatic heterocycles. The lowest BCUT2D eigenvalue weighted by molar-refractivity contribution is 0.544. The summed E-state index contributed by atoms with van der Waals surface area (Å²) < 4.78 is 3.61. The number of nitrogens with zero attached hydrogens (tertiary/aromatic N) is 4. The maximum atomic E-state index is 5.24. The van der Waals surface area contributed by atoms with Crippen molar-refractivity contribution in [2.45, 2.75) is 18.4 Å². The van der Waals surface area contributed by atoms with Crippen LogP contribution in [-0.2, 0) is 0 Å². The highest BCUT2D eigenvalue weighted by Crippen LogP contribution is 2.55. The quantitative estimate of drug-likeness (QED) is 0.175. The van der Waals surface area contributed by atoms with Crippen molar-refractivity contribution < 1.29 is 0 Å². The molecule has 4 nitrogen and oxygen atoms in total. The number of benzene rings is 7. The fourth-order valence-corrected chi connectivity index (χ4v) is 10.6. The van der Waals surface area contributed by atoms with Crippen molar-refractivity contribution in [3.8, 4) is 28.3 Å². The van der Waals surface area contributed by atoms with Gasteiger partial charge in [-0.05, 0) is 90.4 Å². The van der Waals surface area contributed by atoms with Crippen LogP contribution in [-0.4, -0.2) is 20.1 Å². The number of rotatable bonds is 5. The van der Waals surface area contributed by atoms with E-state index in [0.717, 1.165) is 38.5 Å². The highest BCUT2D eigenvalue weighted by Gasteiger charge is 2.47. The van der Waals surface area contributed by atoms with Crippen LogP contribution in [0.3, 0.4) is 0 Å². The molecule has 1 aliphatic carbocycles. The van der Waals surface area contributed by atoms with Gasteiger partial charge >= 0.3 is 0 Å². The summed E-state index contributed by atoms with van der Waals surface area (Å²) in [5.41, 5.74) is 12.6. The van der Waals surface area contributed by atoms with Crippen LogP contribution in [0.25, 0.3) is 76.0 Å². The molecule has 0 fully saturated rings. The summed E-state index contributed by atoms with van der Waals surface area (Å²) in [5, 5.41) is 4.79. The number of hydrogen-bond acceptors (Lipinski definition) is 4. The van der Waals surface area contributed by atoms with Crippen LogP contribution >= 0.6 is 11.3 Å². The van der Waals surface area contributed by atoms with Crippen molar-refractivity contribution in [2.75, 3.05) is 4.90 Å². The van der Waals surface area contributed by atoms with Gasteiger partial charge in [0.25, 0.3) is 0 Å². The lowest BCUT2D eigenvalue weighted by Crippen LogP contribution is -2.42. The summed E-state index contributed by atoms with van der Waals surface area (Å²) >= 11 is 1.73. The van der Waals surface area contributed by atoms with Gasteiger partial charge in [-0.15, -0.1) is 11.3 Å². The molecule has 5 heteroatoms. The predicted octanol–water partition coefficient (Wildman–Crippen LogP) is 13.9. The normalized spacial score (nSPS) is 17.3. The molecule has 7 aromatic carbocycles. The fraction of sp³-hybridized carbons (Fsp3) is 0.0566. The topological polar surface area (TPSA) is 34.0 Å². The molecule has 0 bridgehead atoms. The lowest BCUT2D eigenvalue weighted by atomic mass is 9.77. The molecule has 2 aliphatic rings. The molecule has 10 aromatic rings. The molecule has 4 heterocycles. The molecule has 58 heavy (non-hydrogen) atoms. The van der Waals surface area contributed by atoms with Crippen LogP contribution < -0.4 is 4.90 Å². The third kappa shape index (κ3) is 4.93. The van der Waals surface area contributed by atoms with Gasteiger partial charge in [-0.2, -0.15) is 0 Å². The van der Waals surface area contributed by atoms with E-state index in [2.05, 4.69) is 211 Å². The number of fused-ring (bicyclic) bond motifs is 9. The van der Waals surface area contributed by atoms with Gasteiger partial charge in [0, 0.05) is 60.4 Å². The summed E-state index contributed by atoms with van der Waals surface area (Å²) in [6.45, 7) is 2.37. The summed E-state index contributed by atoms with van der Waals surface area (Å²) in [7, 11) is 0. The third-order valence-electron chi connectivity index (χ3n) is 12.3. The smallest absolute Gasteiger partial charge is 0.161 e. The van der Waals surface area contributed by atoms with Crippen molar-refractivity contribution in [1.29, 1.82) is 0 Å². The number of hydrogen-bond donors (Lipinski definition) is 0. The van der Waals surface area contributed by atoms with Crippen molar-refractivity contribution in [2.24, 2.45) is 0 Å². The molecule has 0 saturated heterocycles. The highest BCUT2D eigenvalue weighted by molar-refractivity contribution is 7.25. The monoisotopic (exact) mass is 760 g/mol. The van der Waals surface area contributed by atoms with E-state index in [1.807, 2.05) is 0 Å². The Morgan fingerprint density at radius 3 is 2.10 bits per heavy atom. The average Bonchev–Trinajstić information content (AvgIpc) is 3.91. The number of para-hydroxylation sites is 3. The second-order valence-corrected chi connectivity index (χ2v) is 16.6. The van der Waals surface area contributed by atoms with Crippen molar-refractivity contribution in [3.05, 3.63) is 205 Å². The third-order valence-corrected chi connectivity index (χ3v) is 13.3. The Balaban J connectivity index is 0.940. The summed E-state index contributed by atoms with van der Waals surface area (Å²) in [6, 6.07) is 63.2. The van der Waals surface area contributed by atoms with Gasteiger partial charge in [0.15, 0.2) is 5.82 Å². The van der Waals surface area contributed by atoms with Gasteiger partial charge in [0.1, 0.15) is 4.83 Å². The molecule has 0 amide bonds. The van der Waals surface area contributed by atoms with Crippen LogP contribution in [0, 0.1) is 0 Å². The Bertz CT molecular complexity index is 3300. The second kappa shape index (κ2) is 12.7. The van der Waals surface area contributed by atoms with Crippen LogP contribution in [0.15, 0.2) is 194 Å². The summed E-state index contributed by atoms with van der Waals surface area (Å²) in [4.78, 5) is 13.9. The van der Waals surface area contributed by atoms with E-state index in [1.165, 1.54) is 60.0 Å². The Labute approximate surface area is 340 Å². The summed E-state index contributed by atoms with van der Waals surface area (Å²) in [5.74, 6) is 0.949. The first kappa shape index (κ1) is 33.1. The SMILES string of the molecule is CC12C=CC(c3ccc4c(c3)c3ccccc3n4-c3ccc(-c4nc(-c5ccccc5)c5c(n4)sc4ccccc45)cc3)=CC1c1ccccc1N2c1ccccc1. The second-order valence-electron chi connectivity index (χ2n) is 15.6. The number of aromatic nitrogens is 3. The van der Waals surface area contributed by atoms with E-state index < -0.39 is 0 Å². The minimum absolute atomic E-state index is 0.210. The van der Waals surface area contributed by atoms with Gasteiger partial charge in [0.05, 0.1) is 22.3 Å². The fourth-order valence-electron chi connectivity index (χ4n) is 9.53. The first-order chi connectivity index (χ1) is 28.6. The van der Waals surface area contributed by atoms with Gasteiger partial charge in [0.2, 0.25) is 0 Å². The van der Waals surface area contributed by atoms with E-state index in [1.54, 1.807) is 11.3 Å². The van der Waals surface area contributed by atoms with Crippen LogP contribution in [0.5, 0.6) is 0 Å². The maximum Gasteiger partial charge on any atom is 0.161 e. The molecule has 0 saturated carbocycles. The maximum absolute atomic E-state index is 5.24. The Hall–Kier alpha value is -7.08. The van der Waals surface area contributed by atoms with E-state index >= 15 is 0 Å². The van der Waals surface area contributed by atoms with E-state index in [9.17, 15) is 0 Å². The van der Waals surface area contributed by atoms with Crippen molar-refractivity contribution >= 4 is 70.4 Å². The van der Waals surface area contributed by atoms with Crippen LogP contribution in [0.1, 0.15) is 24.0 Å². The molecular formula is C53H36N4S. The number of anilines is 2. The Kier molecular flexibility index (Phi) is 7.26. The first-order valence-electron chi connectivity index (χ1n) is 19.9. The van der Waals surface area contributed by atoms with Gasteiger partial charge in [-0.3, -0.25) is 0 Å². The molecule has 2 unspecified atom stereocenters. The Morgan fingerprint density at radius 1 is 0.569 bits per heavy atom. The molecule has 0 spiro atoms. The largest absolute Gasteiger partial charge is 0.331 e. The molecule has 2 atom stereocenters. The number of thiophene rings is 1. The molecule has 0 radical (unpaired) electrons. The van der Waals surface area contributed by atoms with Gasteiger partial charge in [-0.25, -0.2) is 9.97 Å². The van der Waals surface area contributed by atoms with Gasteiger partial charge in [-0.1, -0.05) is 127 Å². The minimum Gasteiger partial charge on any atom is -0.331 e. The van der Waals surface area contributed by atoms with Crippen LogP contribution in [0.2, 0.25) is 0 Å². The Morgan fingerprint density at radius 2 is 1.26 bits per heavy atom. The lowest BCUT2D eigenvalue weighted by Gasteiger charge is -2.40.